The van der Waals surface area contributed by atoms with E-state index in [0.29, 0.717) is 6.42 Å². The molecule has 0 atom stereocenters. The molecular weight excluding hydrogens is 188 g/mol. The number of carboxylic acids is 1. The number of aliphatic carboxylic acids is 1. The first-order valence-corrected chi connectivity index (χ1v) is 5.10. The molecule has 0 heterocycles. The number of carbonyl (C=O) groups is 1. The van der Waals surface area contributed by atoms with Gasteiger partial charge in [-0.3, -0.25) is 4.79 Å². The molecule has 2 nitrogen and oxygen atoms in total. The van der Waals surface area contributed by atoms with Crippen LogP contribution < -0.4 is 0 Å². The summed E-state index contributed by atoms with van der Waals surface area (Å²) in [6.07, 6.45) is 10.1. The van der Waals surface area contributed by atoms with Crippen LogP contribution in [0.5, 0.6) is 0 Å². The fourth-order valence-corrected chi connectivity index (χ4v) is 1.27. The molecule has 0 aliphatic carbocycles. The minimum absolute atomic E-state index is 0. The summed E-state index contributed by atoms with van der Waals surface area (Å²) in [7, 11) is 0. The Morgan fingerprint density at radius 2 is 1.64 bits per heavy atom. The third-order valence-electron chi connectivity index (χ3n) is 2.05. The number of carboxylic acid groups (broad SMARTS) is 1. The molecule has 0 saturated heterocycles. The Morgan fingerprint density at radius 1 is 1.14 bits per heavy atom. The molecule has 0 amide bonds. The van der Waals surface area contributed by atoms with Gasteiger partial charge in [-0.1, -0.05) is 31.8 Å². The van der Waals surface area contributed by atoms with E-state index in [9.17, 15) is 4.79 Å². The van der Waals surface area contributed by atoms with Crippen LogP contribution >= 0.6 is 0 Å². The van der Waals surface area contributed by atoms with E-state index in [1.54, 1.807) is 0 Å². The molecule has 14 heavy (non-hydrogen) atoms. The fourth-order valence-electron chi connectivity index (χ4n) is 1.27. The maximum atomic E-state index is 10.2. The van der Waals surface area contributed by atoms with Crippen LogP contribution in [0.1, 0.15) is 54.2 Å². The average Bonchev–Trinajstić information content (AvgIpc) is 2.09. The Labute approximate surface area is 106 Å². The first kappa shape index (κ1) is 16.4. The van der Waals surface area contributed by atoms with Gasteiger partial charge < -0.3 is 7.96 Å². The van der Waals surface area contributed by atoms with Crippen LogP contribution in [0, 0.1) is 0 Å². The van der Waals surface area contributed by atoms with Gasteiger partial charge in [0.25, 0.3) is 0 Å². The summed E-state index contributed by atoms with van der Waals surface area (Å²) in [6, 6.07) is 0. The van der Waals surface area contributed by atoms with Gasteiger partial charge in [-0.2, -0.15) is 0 Å². The van der Waals surface area contributed by atoms with Crippen LogP contribution in [0.2, 0.25) is 0 Å². The van der Waals surface area contributed by atoms with Gasteiger partial charge in [0.2, 0.25) is 0 Å². The summed E-state index contributed by atoms with van der Waals surface area (Å²) < 4.78 is 0. The standard InChI is InChI=1S/C11H20O2.Mg.2H/c1-2-3-4-5-6-7-8-9-10-11(12)13;;;/h2H,1,3-10H2,(H,12,13);;;/q;+2;2*-1. The van der Waals surface area contributed by atoms with Gasteiger partial charge >= 0.3 is 29.0 Å². The Kier molecular flexibility index (Phi) is 15.2. The summed E-state index contributed by atoms with van der Waals surface area (Å²) in [6.45, 7) is 3.66. The quantitative estimate of drug-likeness (QED) is 0.360. The Hall–Kier alpha value is -0.0238. The number of hydrogen-bond donors (Lipinski definition) is 1. The zero-order valence-electron chi connectivity index (χ0n) is 11.0. The predicted molar refractivity (Wildman–Crippen MR) is 62.7 cm³/mol. The number of rotatable bonds is 9. The maximum Gasteiger partial charge on any atom is 2.00 e. The van der Waals surface area contributed by atoms with Crippen molar-refractivity contribution in [1.82, 2.24) is 0 Å². The third-order valence-corrected chi connectivity index (χ3v) is 2.05. The molecule has 0 bridgehead atoms. The second-order valence-electron chi connectivity index (χ2n) is 3.34. The zero-order valence-corrected chi connectivity index (χ0v) is 10.4. The van der Waals surface area contributed by atoms with Crippen LogP contribution in [-0.2, 0) is 4.79 Å². The zero-order chi connectivity index (χ0) is 9.94. The van der Waals surface area contributed by atoms with E-state index in [2.05, 4.69) is 6.58 Å². The fraction of sp³-hybridized carbons (Fsp3) is 0.727. The molecule has 0 radical (unpaired) electrons. The number of hydrogen-bond acceptors (Lipinski definition) is 1. The summed E-state index contributed by atoms with van der Waals surface area (Å²) in [4.78, 5) is 10.2. The molecule has 0 rings (SSSR count). The molecular formula is C11H22MgO2. The molecule has 0 spiro atoms. The molecule has 0 aliphatic rings. The molecule has 1 N–H and O–H groups in total. The summed E-state index contributed by atoms with van der Waals surface area (Å²) in [5.41, 5.74) is 0. The molecule has 0 aliphatic heterocycles. The SMILES string of the molecule is C=CCCCCCCCCC(=O)O.[H-].[H-].[Mg+2]. The van der Waals surface area contributed by atoms with E-state index < -0.39 is 5.97 Å². The normalized spacial score (nSPS) is 9.14. The second kappa shape index (κ2) is 13.0. The van der Waals surface area contributed by atoms with Crippen LogP contribution in [0.15, 0.2) is 12.7 Å². The van der Waals surface area contributed by atoms with E-state index in [1.807, 2.05) is 6.08 Å². The molecule has 80 valence electrons. The van der Waals surface area contributed by atoms with Gasteiger partial charge in [0.05, 0.1) is 0 Å². The number of allylic oxidation sites excluding steroid dienone is 1. The molecule has 0 fully saturated rings. The molecule has 0 aromatic carbocycles. The minimum atomic E-state index is -0.674. The first-order chi connectivity index (χ1) is 6.27. The largest absolute Gasteiger partial charge is 2.00 e. The van der Waals surface area contributed by atoms with E-state index >= 15 is 0 Å². The molecule has 0 aromatic rings. The van der Waals surface area contributed by atoms with Crippen molar-refractivity contribution in [3.05, 3.63) is 12.7 Å². The van der Waals surface area contributed by atoms with Gasteiger partial charge in [0, 0.05) is 6.42 Å². The van der Waals surface area contributed by atoms with Crippen molar-refractivity contribution in [2.24, 2.45) is 0 Å². The smallest absolute Gasteiger partial charge is 1.00 e. The van der Waals surface area contributed by atoms with Crippen LogP contribution in [0.3, 0.4) is 0 Å². The van der Waals surface area contributed by atoms with Gasteiger partial charge in [-0.15, -0.1) is 6.58 Å². The van der Waals surface area contributed by atoms with Crippen molar-refractivity contribution in [3.8, 4) is 0 Å². The van der Waals surface area contributed by atoms with Crippen molar-refractivity contribution >= 4 is 29.0 Å². The van der Waals surface area contributed by atoms with Crippen molar-refractivity contribution in [2.45, 2.75) is 51.4 Å². The van der Waals surface area contributed by atoms with E-state index in [4.69, 9.17) is 5.11 Å². The van der Waals surface area contributed by atoms with Crippen LogP contribution in [-0.4, -0.2) is 34.1 Å². The predicted octanol–water partition coefficient (Wildman–Crippen LogP) is 3.22. The van der Waals surface area contributed by atoms with Crippen molar-refractivity contribution in [3.63, 3.8) is 0 Å². The Balaban J connectivity index is -0.000000240. The van der Waals surface area contributed by atoms with Gasteiger partial charge in [0.15, 0.2) is 0 Å². The van der Waals surface area contributed by atoms with E-state index in [-0.39, 0.29) is 25.9 Å². The Morgan fingerprint density at radius 3 is 2.14 bits per heavy atom. The summed E-state index contributed by atoms with van der Waals surface area (Å²) >= 11 is 0. The number of unbranched alkanes of at least 4 members (excludes halogenated alkanes) is 6. The second-order valence-corrected chi connectivity index (χ2v) is 3.34. The van der Waals surface area contributed by atoms with Gasteiger partial charge in [-0.25, -0.2) is 0 Å². The average molecular weight is 211 g/mol. The van der Waals surface area contributed by atoms with E-state index in [1.165, 1.54) is 25.7 Å². The van der Waals surface area contributed by atoms with Crippen LogP contribution in [0.4, 0.5) is 0 Å². The maximum absolute atomic E-state index is 10.2. The monoisotopic (exact) mass is 210 g/mol. The summed E-state index contributed by atoms with van der Waals surface area (Å²) in [5, 5.41) is 8.38. The third kappa shape index (κ3) is 14.5. The molecule has 0 unspecified atom stereocenters. The summed E-state index contributed by atoms with van der Waals surface area (Å²) in [5.74, 6) is -0.674. The van der Waals surface area contributed by atoms with E-state index in [0.717, 1.165) is 19.3 Å². The van der Waals surface area contributed by atoms with Gasteiger partial charge in [0.1, 0.15) is 0 Å². The molecule has 0 saturated carbocycles. The molecule has 0 aromatic heterocycles. The van der Waals surface area contributed by atoms with Crippen molar-refractivity contribution in [1.29, 1.82) is 0 Å². The Bertz CT molecular complexity index is 155. The first-order valence-electron chi connectivity index (χ1n) is 5.10. The molecule has 3 heteroatoms. The van der Waals surface area contributed by atoms with Crippen molar-refractivity contribution in [2.75, 3.05) is 0 Å². The topological polar surface area (TPSA) is 37.3 Å². The van der Waals surface area contributed by atoms with Gasteiger partial charge in [-0.05, 0) is 19.3 Å². The van der Waals surface area contributed by atoms with Crippen molar-refractivity contribution < 1.29 is 12.8 Å². The minimum Gasteiger partial charge on any atom is -1.00 e. The van der Waals surface area contributed by atoms with Crippen LogP contribution in [0.25, 0.3) is 0 Å².